The van der Waals surface area contributed by atoms with Crippen molar-refractivity contribution in [2.75, 3.05) is 6.26 Å². The van der Waals surface area contributed by atoms with Gasteiger partial charge >= 0.3 is 0 Å². The quantitative estimate of drug-likeness (QED) is 0.917. The van der Waals surface area contributed by atoms with E-state index >= 15 is 0 Å². The van der Waals surface area contributed by atoms with Crippen molar-refractivity contribution in [1.82, 2.24) is 5.32 Å². The average Bonchev–Trinajstić information content (AvgIpc) is 2.43. The van der Waals surface area contributed by atoms with Gasteiger partial charge in [0.1, 0.15) is 0 Å². The van der Waals surface area contributed by atoms with Crippen molar-refractivity contribution in [3.8, 4) is 0 Å². The van der Waals surface area contributed by atoms with Crippen molar-refractivity contribution in [3.05, 3.63) is 35.4 Å². The Morgan fingerprint density at radius 1 is 1.27 bits per heavy atom. The van der Waals surface area contributed by atoms with Crippen LogP contribution < -0.4 is 5.32 Å². The van der Waals surface area contributed by atoms with E-state index in [0.717, 1.165) is 25.2 Å². The molecule has 0 spiro atoms. The monoisotopic (exact) mass is 331 g/mol. The molecule has 0 unspecified atom stereocenters. The summed E-state index contributed by atoms with van der Waals surface area (Å²) < 4.78 is 50.2. The second-order valence-electron chi connectivity index (χ2n) is 5.72. The number of amides is 1. The van der Waals surface area contributed by atoms with E-state index in [1.807, 2.05) is 0 Å². The normalized spacial score (nSPS) is 22.3. The Balaban J connectivity index is 2.06. The first kappa shape index (κ1) is 16.9. The topological polar surface area (TPSA) is 63.2 Å². The molecule has 0 saturated heterocycles. The maximum absolute atomic E-state index is 13.6. The van der Waals surface area contributed by atoms with Crippen LogP contribution in [0.15, 0.2) is 18.2 Å². The number of rotatable bonds is 4. The Morgan fingerprint density at radius 3 is 2.64 bits per heavy atom. The Labute approximate surface area is 128 Å². The fraction of sp³-hybridized carbons (Fsp3) is 0.533. The highest BCUT2D eigenvalue weighted by molar-refractivity contribution is 7.91. The second-order valence-corrected chi connectivity index (χ2v) is 7.98. The van der Waals surface area contributed by atoms with Crippen LogP contribution in [0.5, 0.6) is 0 Å². The van der Waals surface area contributed by atoms with Gasteiger partial charge in [0.15, 0.2) is 21.5 Å². The first-order valence-electron chi connectivity index (χ1n) is 7.20. The van der Waals surface area contributed by atoms with E-state index < -0.39 is 38.7 Å². The third-order valence-electron chi connectivity index (χ3n) is 3.98. The van der Waals surface area contributed by atoms with Crippen LogP contribution in [0, 0.1) is 11.6 Å². The lowest BCUT2D eigenvalue weighted by Gasteiger charge is -2.30. The summed E-state index contributed by atoms with van der Waals surface area (Å²) in [6.45, 7) is 0. The molecule has 4 nitrogen and oxygen atoms in total. The zero-order chi connectivity index (χ0) is 16.3. The van der Waals surface area contributed by atoms with Crippen molar-refractivity contribution in [1.29, 1.82) is 0 Å². The molecular formula is C15H19F2NO3S. The molecule has 7 heteroatoms. The van der Waals surface area contributed by atoms with Crippen LogP contribution in [0.1, 0.15) is 31.2 Å². The lowest BCUT2D eigenvalue weighted by molar-refractivity contribution is -0.121. The molecule has 22 heavy (non-hydrogen) atoms. The number of hydrogen-bond acceptors (Lipinski definition) is 3. The van der Waals surface area contributed by atoms with E-state index in [1.165, 1.54) is 12.1 Å². The SMILES string of the molecule is CS(=O)(=O)[C@@H]1CCCC[C@H]1NC(=O)Cc1cccc(F)c1F. The molecule has 0 aliphatic heterocycles. The van der Waals surface area contributed by atoms with E-state index in [-0.39, 0.29) is 12.0 Å². The minimum absolute atomic E-state index is 0.0378. The van der Waals surface area contributed by atoms with Crippen LogP contribution in [-0.4, -0.2) is 31.9 Å². The lowest BCUT2D eigenvalue weighted by Crippen LogP contribution is -2.48. The molecule has 2 atom stereocenters. The highest BCUT2D eigenvalue weighted by Gasteiger charge is 2.33. The van der Waals surface area contributed by atoms with E-state index in [1.54, 1.807) is 0 Å². The van der Waals surface area contributed by atoms with Crippen molar-refractivity contribution < 1.29 is 22.0 Å². The van der Waals surface area contributed by atoms with Gasteiger partial charge in [-0.2, -0.15) is 0 Å². The molecule has 1 aliphatic rings. The van der Waals surface area contributed by atoms with Crippen LogP contribution in [0.2, 0.25) is 0 Å². The zero-order valence-electron chi connectivity index (χ0n) is 12.3. The van der Waals surface area contributed by atoms with Gasteiger partial charge in [0.25, 0.3) is 0 Å². The van der Waals surface area contributed by atoms with Gasteiger partial charge in [-0.25, -0.2) is 17.2 Å². The summed E-state index contributed by atoms with van der Waals surface area (Å²) in [6.07, 6.45) is 3.59. The number of benzene rings is 1. The van der Waals surface area contributed by atoms with Crippen LogP contribution in [0.25, 0.3) is 0 Å². The summed E-state index contributed by atoms with van der Waals surface area (Å²) >= 11 is 0. The summed E-state index contributed by atoms with van der Waals surface area (Å²) in [6, 6.07) is 3.19. The van der Waals surface area contributed by atoms with Crippen LogP contribution in [0.3, 0.4) is 0 Å². The fourth-order valence-corrected chi connectivity index (χ4v) is 4.29. The Morgan fingerprint density at radius 2 is 1.95 bits per heavy atom. The van der Waals surface area contributed by atoms with Crippen molar-refractivity contribution in [2.24, 2.45) is 0 Å². The molecule has 0 heterocycles. The number of carbonyl (C=O) groups is 1. The Bertz CT molecular complexity index is 661. The van der Waals surface area contributed by atoms with Crippen LogP contribution >= 0.6 is 0 Å². The summed E-state index contributed by atoms with van der Waals surface area (Å²) in [5.41, 5.74) is -0.0378. The first-order chi connectivity index (χ1) is 10.3. The first-order valence-corrected chi connectivity index (χ1v) is 9.15. The molecule has 1 aliphatic carbocycles. The summed E-state index contributed by atoms with van der Waals surface area (Å²) in [4.78, 5) is 12.0. The highest BCUT2D eigenvalue weighted by atomic mass is 32.2. The zero-order valence-corrected chi connectivity index (χ0v) is 13.1. The molecule has 122 valence electrons. The highest BCUT2D eigenvalue weighted by Crippen LogP contribution is 2.24. The average molecular weight is 331 g/mol. The molecular weight excluding hydrogens is 312 g/mol. The maximum atomic E-state index is 13.6. The number of halogens is 2. The Hall–Kier alpha value is -1.50. The molecule has 1 aromatic carbocycles. The summed E-state index contributed by atoms with van der Waals surface area (Å²) in [5, 5.41) is 2.05. The summed E-state index contributed by atoms with van der Waals surface area (Å²) in [5.74, 6) is -2.54. The van der Waals surface area contributed by atoms with Gasteiger partial charge < -0.3 is 5.32 Å². The van der Waals surface area contributed by atoms with Gasteiger partial charge in [-0.15, -0.1) is 0 Å². The smallest absolute Gasteiger partial charge is 0.224 e. The van der Waals surface area contributed by atoms with E-state index in [9.17, 15) is 22.0 Å². The molecule has 2 rings (SSSR count). The third-order valence-corrected chi connectivity index (χ3v) is 5.65. The van der Waals surface area contributed by atoms with Gasteiger partial charge in [-0.3, -0.25) is 4.79 Å². The van der Waals surface area contributed by atoms with Gasteiger partial charge in [0.2, 0.25) is 5.91 Å². The van der Waals surface area contributed by atoms with Crippen molar-refractivity contribution in [2.45, 2.75) is 43.4 Å². The number of nitrogens with one attached hydrogen (secondary N) is 1. The van der Waals surface area contributed by atoms with Crippen LogP contribution in [0.4, 0.5) is 8.78 Å². The minimum Gasteiger partial charge on any atom is -0.352 e. The van der Waals surface area contributed by atoms with E-state index in [0.29, 0.717) is 12.8 Å². The van der Waals surface area contributed by atoms with E-state index in [2.05, 4.69) is 5.32 Å². The Kier molecular flexibility index (Phi) is 5.16. The molecule has 1 aromatic rings. The fourth-order valence-electron chi connectivity index (χ4n) is 2.89. The van der Waals surface area contributed by atoms with E-state index in [4.69, 9.17) is 0 Å². The predicted molar refractivity (Wildman–Crippen MR) is 79.1 cm³/mol. The summed E-state index contributed by atoms with van der Waals surface area (Å²) in [7, 11) is -3.26. The molecule has 0 bridgehead atoms. The third kappa shape index (κ3) is 4.03. The minimum atomic E-state index is -3.26. The van der Waals surface area contributed by atoms with Crippen LogP contribution in [-0.2, 0) is 21.1 Å². The van der Waals surface area contributed by atoms with Gasteiger partial charge in [-0.05, 0) is 18.9 Å². The number of carbonyl (C=O) groups excluding carboxylic acids is 1. The second kappa shape index (κ2) is 6.73. The maximum Gasteiger partial charge on any atom is 0.224 e. The lowest BCUT2D eigenvalue weighted by atomic mass is 9.94. The standard InChI is InChI=1S/C15H19F2NO3S/c1-22(20,21)13-8-3-2-7-12(13)18-14(19)9-10-5-4-6-11(16)15(10)17/h4-6,12-13H,2-3,7-9H2,1H3,(H,18,19)/t12-,13-/m1/s1. The van der Waals surface area contributed by atoms with Gasteiger partial charge in [-0.1, -0.05) is 25.0 Å². The molecule has 1 saturated carbocycles. The molecule has 0 aromatic heterocycles. The predicted octanol–water partition coefficient (Wildman–Crippen LogP) is 1.98. The molecule has 1 fully saturated rings. The molecule has 1 N–H and O–H groups in total. The van der Waals surface area contributed by atoms with Crippen molar-refractivity contribution in [3.63, 3.8) is 0 Å². The molecule has 1 amide bonds. The van der Waals surface area contributed by atoms with Gasteiger partial charge in [0.05, 0.1) is 11.7 Å². The number of sulfone groups is 1. The van der Waals surface area contributed by atoms with Gasteiger partial charge in [0, 0.05) is 17.9 Å². The molecule has 0 radical (unpaired) electrons. The number of hydrogen-bond donors (Lipinski definition) is 1. The largest absolute Gasteiger partial charge is 0.352 e. The van der Waals surface area contributed by atoms with Crippen molar-refractivity contribution >= 4 is 15.7 Å².